The summed E-state index contributed by atoms with van der Waals surface area (Å²) in [6.45, 7) is 11.6. The average Bonchev–Trinajstić information content (AvgIpc) is 3.62. The summed E-state index contributed by atoms with van der Waals surface area (Å²) in [5.41, 5.74) is 0.0560. The van der Waals surface area contributed by atoms with Crippen molar-refractivity contribution in [2.75, 3.05) is 20.8 Å². The highest BCUT2D eigenvalue weighted by Gasteiger charge is 2.60. The third-order valence-electron chi connectivity index (χ3n) is 15.9. The van der Waals surface area contributed by atoms with Gasteiger partial charge in [-0.2, -0.15) is 0 Å². The molecule has 15 nitrogen and oxygen atoms in total. The van der Waals surface area contributed by atoms with Gasteiger partial charge in [0, 0.05) is 58.2 Å². The number of methoxy groups -OCH3 is 2. The van der Waals surface area contributed by atoms with Gasteiger partial charge in [-0.25, -0.2) is 0 Å². The number of aliphatic hydroxyl groups is 4. The van der Waals surface area contributed by atoms with E-state index < -0.39 is 109 Å². The number of carbonyl (C=O) groups excluding carboxylic acids is 1. The summed E-state index contributed by atoms with van der Waals surface area (Å²) in [6.07, 6.45) is 7.96. The molecule has 8 aliphatic rings. The Labute approximate surface area is 384 Å². The molecule has 5 saturated heterocycles. The standard InChI is InChI=1S/C50H76O15/c1-26-13-12-16-33-25-58-47-42(52)28(3)19-36(50(33,47)55)48(54)61-35-20-34(64-49(23-35)24-37(51)29(4)45(65-49)32-14-10-9-11-15-32)18-17-27(2)44(26)62-41-22-39(57-8)46(31(6)60-41)63-40-21-38(56-7)43(53)30(5)59-40/h12-13,16-17,19,26,29-32,34-47,51-53,55H,9-11,14-15,18,20-25H2,1-8H3/b13-12-,27-17+,33-16-/t26-,29+,30-,31-,34+,35-,36+,37+,38-,39-,40-,41-,42+,43-,44+,45?,46-,47-,49+,50-/m0/s1. The maximum Gasteiger partial charge on any atom is 0.316 e. The van der Waals surface area contributed by atoms with Gasteiger partial charge in [-0.15, -0.1) is 0 Å². The molecule has 0 aromatic rings. The lowest BCUT2D eigenvalue weighted by molar-refractivity contribution is -0.355. The number of esters is 1. The van der Waals surface area contributed by atoms with Crippen molar-refractivity contribution in [1.82, 2.24) is 0 Å². The van der Waals surface area contributed by atoms with E-state index in [4.69, 9.17) is 47.4 Å². The second-order valence-corrected chi connectivity index (χ2v) is 20.5. The van der Waals surface area contributed by atoms with Crippen molar-refractivity contribution < 1.29 is 72.6 Å². The highest BCUT2D eigenvalue weighted by atomic mass is 16.7. The van der Waals surface area contributed by atoms with E-state index in [0.717, 1.165) is 31.3 Å². The van der Waals surface area contributed by atoms with Gasteiger partial charge < -0.3 is 67.8 Å². The van der Waals surface area contributed by atoms with Gasteiger partial charge in [-0.1, -0.05) is 63.5 Å². The molecule has 15 heteroatoms. The van der Waals surface area contributed by atoms with E-state index in [9.17, 15) is 25.2 Å². The number of allylic oxidation sites excluding steroid dienone is 2. The minimum absolute atomic E-state index is 0.0165. The van der Waals surface area contributed by atoms with Crippen LogP contribution in [-0.2, 0) is 52.2 Å². The number of rotatable bonds is 7. The van der Waals surface area contributed by atoms with Gasteiger partial charge >= 0.3 is 5.97 Å². The van der Waals surface area contributed by atoms with Crippen molar-refractivity contribution in [3.63, 3.8) is 0 Å². The predicted molar refractivity (Wildman–Crippen MR) is 236 cm³/mol. The van der Waals surface area contributed by atoms with E-state index in [1.807, 2.05) is 26.0 Å². The van der Waals surface area contributed by atoms with Crippen LogP contribution in [-0.4, -0.2) is 151 Å². The minimum atomic E-state index is -1.86. The van der Waals surface area contributed by atoms with Crippen LogP contribution in [0.2, 0.25) is 0 Å². The van der Waals surface area contributed by atoms with Crippen molar-refractivity contribution >= 4 is 5.97 Å². The zero-order valence-electron chi connectivity index (χ0n) is 39.6. The quantitative estimate of drug-likeness (QED) is 0.195. The van der Waals surface area contributed by atoms with Gasteiger partial charge in [0.1, 0.15) is 42.0 Å². The van der Waals surface area contributed by atoms with Gasteiger partial charge in [0.2, 0.25) is 0 Å². The molecule has 8 rings (SSSR count). The molecule has 2 aliphatic carbocycles. The van der Waals surface area contributed by atoms with Crippen LogP contribution in [0.1, 0.15) is 112 Å². The second-order valence-electron chi connectivity index (χ2n) is 20.5. The van der Waals surface area contributed by atoms with Gasteiger partial charge in [-0.3, -0.25) is 4.79 Å². The first-order valence-corrected chi connectivity index (χ1v) is 24.4. The van der Waals surface area contributed by atoms with E-state index in [0.29, 0.717) is 42.7 Å². The normalized spacial score (nSPS) is 50.0. The molecule has 4 N–H and O–H groups in total. The Kier molecular flexibility index (Phi) is 15.5. The van der Waals surface area contributed by atoms with E-state index in [1.54, 1.807) is 40.2 Å². The fourth-order valence-electron chi connectivity index (χ4n) is 12.1. The maximum atomic E-state index is 14.5. The van der Waals surface area contributed by atoms with E-state index in [2.05, 4.69) is 19.9 Å². The van der Waals surface area contributed by atoms with E-state index in [-0.39, 0.29) is 37.4 Å². The zero-order valence-corrected chi connectivity index (χ0v) is 39.6. The summed E-state index contributed by atoms with van der Waals surface area (Å²) >= 11 is 0. The molecular formula is C50H76O15. The summed E-state index contributed by atoms with van der Waals surface area (Å²) in [4.78, 5) is 14.5. The van der Waals surface area contributed by atoms with Crippen molar-refractivity contribution in [1.29, 1.82) is 0 Å². The van der Waals surface area contributed by atoms with Crippen LogP contribution < -0.4 is 0 Å². The Morgan fingerprint density at radius 3 is 2.26 bits per heavy atom. The SMILES string of the molecule is CO[C@H]1C[C@H](O[C@H]2[C@H](C)O[C@@H](O[C@H]3/C(C)=C/C[C@@H]4C[C@@H](C[C@@]5(C[C@@H](O)[C@@H](C)C(C6CCCCC6)O5)O4)OC(=O)[C@H]4C=C(C)[C@@H](O)[C@@H]5OC/C(=C/C=C\[C@@H]3C)[C@]45O)C[C@@H]2OC)O[C@@H](C)[C@@H]1O. The van der Waals surface area contributed by atoms with Crippen LogP contribution >= 0.6 is 0 Å². The van der Waals surface area contributed by atoms with Crippen LogP contribution in [0.4, 0.5) is 0 Å². The molecule has 2 bridgehead atoms. The largest absolute Gasteiger partial charge is 0.462 e. The van der Waals surface area contributed by atoms with E-state index >= 15 is 0 Å². The Hall–Kier alpha value is -2.09. The van der Waals surface area contributed by atoms with E-state index in [1.165, 1.54) is 6.42 Å². The van der Waals surface area contributed by atoms with Crippen LogP contribution in [0.5, 0.6) is 0 Å². The summed E-state index contributed by atoms with van der Waals surface area (Å²) in [6, 6.07) is 0. The number of ether oxygens (including phenoxy) is 10. The van der Waals surface area contributed by atoms with Crippen molar-refractivity contribution in [3.05, 3.63) is 47.1 Å². The van der Waals surface area contributed by atoms with Crippen molar-refractivity contribution in [2.24, 2.45) is 23.7 Å². The molecule has 6 fully saturated rings. The number of hydrogen-bond acceptors (Lipinski definition) is 15. The zero-order chi connectivity index (χ0) is 46.4. The summed E-state index contributed by atoms with van der Waals surface area (Å²) in [5, 5.41) is 46.0. The molecular weight excluding hydrogens is 841 g/mol. The van der Waals surface area contributed by atoms with Crippen LogP contribution in [0.25, 0.3) is 0 Å². The first-order chi connectivity index (χ1) is 31.0. The molecule has 0 radical (unpaired) electrons. The third-order valence-corrected chi connectivity index (χ3v) is 15.9. The lowest BCUT2D eigenvalue weighted by atomic mass is 9.71. The van der Waals surface area contributed by atoms with Gasteiger partial charge in [-0.05, 0) is 69.6 Å². The Morgan fingerprint density at radius 1 is 0.815 bits per heavy atom. The number of aliphatic hydroxyl groups excluding tert-OH is 3. The lowest BCUT2D eigenvalue weighted by Crippen LogP contribution is -2.60. The Morgan fingerprint density at radius 2 is 1.52 bits per heavy atom. The molecule has 6 aliphatic heterocycles. The molecule has 0 aromatic heterocycles. The van der Waals surface area contributed by atoms with Crippen molar-refractivity contribution in [3.8, 4) is 0 Å². The topological polar surface area (TPSA) is 190 Å². The fraction of sp³-hybridized carbons (Fsp3) is 0.820. The number of fused-ring (bicyclic) bond motifs is 2. The summed E-state index contributed by atoms with van der Waals surface area (Å²) < 4.78 is 64.1. The van der Waals surface area contributed by atoms with Crippen LogP contribution in [0, 0.1) is 23.7 Å². The van der Waals surface area contributed by atoms with Gasteiger partial charge in [0.05, 0.1) is 55.4 Å². The molecule has 65 heavy (non-hydrogen) atoms. The maximum absolute atomic E-state index is 14.5. The first kappa shape index (κ1) is 49.3. The molecule has 366 valence electrons. The van der Waals surface area contributed by atoms with Crippen LogP contribution in [0.15, 0.2) is 47.1 Å². The highest BCUT2D eigenvalue weighted by molar-refractivity contribution is 5.78. The molecule has 1 saturated carbocycles. The Bertz CT molecular complexity index is 1780. The number of carbonyl (C=O) groups is 1. The second kappa shape index (κ2) is 20.5. The predicted octanol–water partition coefficient (Wildman–Crippen LogP) is 5.11. The molecule has 1 unspecified atom stereocenters. The Balaban J connectivity index is 1.09. The molecule has 0 amide bonds. The fourth-order valence-corrected chi connectivity index (χ4v) is 12.1. The molecule has 6 heterocycles. The van der Waals surface area contributed by atoms with Crippen molar-refractivity contribution in [2.45, 2.75) is 215 Å². The monoisotopic (exact) mass is 917 g/mol. The smallest absolute Gasteiger partial charge is 0.316 e. The van der Waals surface area contributed by atoms with Crippen LogP contribution in [0.3, 0.4) is 0 Å². The molecule has 1 spiro atoms. The molecule has 0 aromatic carbocycles. The van der Waals surface area contributed by atoms with Gasteiger partial charge in [0.25, 0.3) is 0 Å². The first-order valence-electron chi connectivity index (χ1n) is 24.4. The summed E-state index contributed by atoms with van der Waals surface area (Å²) in [5.74, 6) is -2.95. The minimum Gasteiger partial charge on any atom is -0.462 e. The summed E-state index contributed by atoms with van der Waals surface area (Å²) in [7, 11) is 3.21. The van der Waals surface area contributed by atoms with Gasteiger partial charge in [0.15, 0.2) is 18.4 Å². The molecule has 20 atom stereocenters. The average molecular weight is 917 g/mol. The highest BCUT2D eigenvalue weighted by Crippen LogP contribution is 2.49. The number of hydrogen-bond donors (Lipinski definition) is 4. The lowest BCUT2D eigenvalue weighted by Gasteiger charge is -2.53. The third kappa shape index (κ3) is 10.2.